The van der Waals surface area contributed by atoms with Gasteiger partial charge in [0.05, 0.1) is 12.2 Å². The number of epoxide rings is 1. The van der Waals surface area contributed by atoms with Gasteiger partial charge in [-0.3, -0.25) is 0 Å². The lowest BCUT2D eigenvalue weighted by molar-refractivity contribution is 0.304. The molecule has 1 heterocycles. The number of allylic oxidation sites excluding steroid dienone is 4. The summed E-state index contributed by atoms with van der Waals surface area (Å²) in [6.07, 6.45) is 12.8. The van der Waals surface area contributed by atoms with Gasteiger partial charge in [0, 0.05) is 0 Å². The zero-order valence-corrected chi connectivity index (χ0v) is 10.4. The molecule has 15 heavy (non-hydrogen) atoms. The second kappa shape index (κ2) is 6.12. The van der Waals surface area contributed by atoms with E-state index in [1.54, 1.807) is 0 Å². The Hall–Kier alpha value is -0.560. The molecule has 1 unspecified atom stereocenters. The monoisotopic (exact) mass is 208 g/mol. The standard InChI is InChI=1S/C14H24O/c1-4-5-6-7-9-13(2)10-8-11-14(3)12-15-14/h4-5,9H,6-8,10-12H2,1-3H3/b5-4+,13-9+. The molecule has 1 aliphatic rings. The van der Waals surface area contributed by atoms with E-state index in [0.29, 0.717) is 0 Å². The van der Waals surface area contributed by atoms with Gasteiger partial charge in [0.25, 0.3) is 0 Å². The van der Waals surface area contributed by atoms with Gasteiger partial charge in [-0.1, -0.05) is 23.8 Å². The van der Waals surface area contributed by atoms with Crippen LogP contribution in [0.5, 0.6) is 0 Å². The van der Waals surface area contributed by atoms with Gasteiger partial charge in [0.15, 0.2) is 0 Å². The highest BCUT2D eigenvalue weighted by atomic mass is 16.6. The molecular formula is C14H24O. The first-order valence-corrected chi connectivity index (χ1v) is 6.07. The van der Waals surface area contributed by atoms with Gasteiger partial charge in [-0.2, -0.15) is 0 Å². The summed E-state index contributed by atoms with van der Waals surface area (Å²) >= 11 is 0. The minimum atomic E-state index is 0.241. The van der Waals surface area contributed by atoms with Crippen molar-refractivity contribution < 1.29 is 4.74 Å². The highest BCUT2D eigenvalue weighted by Crippen LogP contribution is 2.32. The summed E-state index contributed by atoms with van der Waals surface area (Å²) in [5.74, 6) is 0. The Morgan fingerprint density at radius 2 is 2.13 bits per heavy atom. The SMILES string of the molecule is C/C=C/CC/C=C(\C)CCCC1(C)CO1. The van der Waals surface area contributed by atoms with Gasteiger partial charge in [-0.05, 0) is 52.9 Å². The zero-order valence-electron chi connectivity index (χ0n) is 10.4. The molecule has 0 aliphatic carbocycles. The average Bonchev–Trinajstić information content (AvgIpc) is 2.92. The molecule has 1 atom stereocenters. The van der Waals surface area contributed by atoms with Gasteiger partial charge in [0.2, 0.25) is 0 Å². The van der Waals surface area contributed by atoms with Crippen molar-refractivity contribution in [1.82, 2.24) is 0 Å². The summed E-state index contributed by atoms with van der Waals surface area (Å²) in [7, 11) is 0. The molecule has 86 valence electrons. The van der Waals surface area contributed by atoms with E-state index in [9.17, 15) is 0 Å². The number of hydrogen-bond acceptors (Lipinski definition) is 1. The van der Waals surface area contributed by atoms with Crippen molar-refractivity contribution >= 4 is 0 Å². The van der Waals surface area contributed by atoms with Gasteiger partial charge >= 0.3 is 0 Å². The molecule has 0 spiro atoms. The predicted molar refractivity (Wildman–Crippen MR) is 66.0 cm³/mol. The number of hydrogen-bond donors (Lipinski definition) is 0. The van der Waals surface area contributed by atoms with Crippen LogP contribution in [0.15, 0.2) is 23.8 Å². The maximum Gasteiger partial charge on any atom is 0.0888 e. The molecular weight excluding hydrogens is 184 g/mol. The molecule has 1 fully saturated rings. The first-order chi connectivity index (χ1) is 7.16. The number of ether oxygens (including phenoxy) is 1. The summed E-state index contributed by atoms with van der Waals surface area (Å²) in [6.45, 7) is 7.49. The Kier molecular flexibility index (Phi) is 5.10. The largest absolute Gasteiger partial charge is 0.370 e. The van der Waals surface area contributed by atoms with Crippen molar-refractivity contribution in [2.45, 2.75) is 58.5 Å². The van der Waals surface area contributed by atoms with Crippen molar-refractivity contribution in [2.24, 2.45) is 0 Å². The lowest BCUT2D eigenvalue weighted by Crippen LogP contribution is -2.03. The second-order valence-electron chi connectivity index (χ2n) is 4.79. The Bertz CT molecular complexity index is 234. The summed E-state index contributed by atoms with van der Waals surface area (Å²) in [4.78, 5) is 0. The third kappa shape index (κ3) is 5.78. The van der Waals surface area contributed by atoms with E-state index in [4.69, 9.17) is 4.74 Å². The molecule has 0 aromatic heterocycles. The van der Waals surface area contributed by atoms with E-state index in [1.165, 1.54) is 37.7 Å². The molecule has 1 saturated heterocycles. The topological polar surface area (TPSA) is 12.5 Å². The molecule has 0 aromatic carbocycles. The van der Waals surface area contributed by atoms with Gasteiger partial charge in [-0.25, -0.2) is 0 Å². The van der Waals surface area contributed by atoms with Crippen LogP contribution < -0.4 is 0 Å². The van der Waals surface area contributed by atoms with Gasteiger partial charge < -0.3 is 4.74 Å². The van der Waals surface area contributed by atoms with Crippen LogP contribution in [0, 0.1) is 0 Å². The fourth-order valence-corrected chi connectivity index (χ4v) is 1.70. The molecule has 0 bridgehead atoms. The fraction of sp³-hybridized carbons (Fsp3) is 0.714. The highest BCUT2D eigenvalue weighted by Gasteiger charge is 2.37. The predicted octanol–water partition coefficient (Wildman–Crippen LogP) is 4.25. The number of rotatable bonds is 7. The minimum Gasteiger partial charge on any atom is -0.370 e. The number of unbranched alkanes of at least 4 members (excludes halogenated alkanes) is 1. The van der Waals surface area contributed by atoms with Crippen molar-refractivity contribution in [3.63, 3.8) is 0 Å². The summed E-state index contributed by atoms with van der Waals surface area (Å²) in [5.41, 5.74) is 1.77. The molecule has 0 N–H and O–H groups in total. The highest BCUT2D eigenvalue weighted by molar-refractivity contribution is 4.99. The third-order valence-electron chi connectivity index (χ3n) is 2.98. The van der Waals surface area contributed by atoms with Gasteiger partial charge in [-0.15, -0.1) is 0 Å². The van der Waals surface area contributed by atoms with Crippen LogP contribution in [-0.2, 0) is 4.74 Å². The van der Waals surface area contributed by atoms with Crippen LogP contribution in [-0.4, -0.2) is 12.2 Å². The Labute approximate surface area is 94.2 Å². The van der Waals surface area contributed by atoms with Crippen molar-refractivity contribution in [3.8, 4) is 0 Å². The Balaban J connectivity index is 2.03. The molecule has 0 radical (unpaired) electrons. The van der Waals surface area contributed by atoms with Crippen molar-refractivity contribution in [1.29, 1.82) is 0 Å². The maximum absolute atomic E-state index is 5.36. The Morgan fingerprint density at radius 3 is 2.73 bits per heavy atom. The first-order valence-electron chi connectivity index (χ1n) is 6.07. The van der Waals surface area contributed by atoms with E-state index >= 15 is 0 Å². The normalized spacial score (nSPS) is 26.2. The lowest BCUT2D eigenvalue weighted by atomic mass is 10.0. The van der Waals surface area contributed by atoms with Crippen LogP contribution in [0.1, 0.15) is 52.9 Å². The van der Waals surface area contributed by atoms with E-state index in [-0.39, 0.29) is 5.60 Å². The fourth-order valence-electron chi connectivity index (χ4n) is 1.70. The summed E-state index contributed by atoms with van der Waals surface area (Å²) < 4.78 is 5.36. The van der Waals surface area contributed by atoms with Crippen LogP contribution in [0.3, 0.4) is 0 Å². The van der Waals surface area contributed by atoms with E-state index in [0.717, 1.165) is 6.61 Å². The van der Waals surface area contributed by atoms with Gasteiger partial charge in [0.1, 0.15) is 0 Å². The maximum atomic E-state index is 5.36. The minimum absolute atomic E-state index is 0.241. The molecule has 0 aromatic rings. The van der Waals surface area contributed by atoms with Crippen LogP contribution >= 0.6 is 0 Å². The van der Waals surface area contributed by atoms with Crippen molar-refractivity contribution in [2.75, 3.05) is 6.61 Å². The van der Waals surface area contributed by atoms with Crippen LogP contribution in [0.4, 0.5) is 0 Å². The molecule has 1 aliphatic heterocycles. The molecule has 0 amide bonds. The van der Waals surface area contributed by atoms with Crippen molar-refractivity contribution in [3.05, 3.63) is 23.8 Å². The van der Waals surface area contributed by atoms with E-state index in [2.05, 4.69) is 39.0 Å². The summed E-state index contributed by atoms with van der Waals surface area (Å²) in [6, 6.07) is 0. The molecule has 1 rings (SSSR count). The average molecular weight is 208 g/mol. The van der Waals surface area contributed by atoms with E-state index < -0.39 is 0 Å². The quantitative estimate of drug-likeness (QED) is 0.346. The molecule has 1 nitrogen and oxygen atoms in total. The summed E-state index contributed by atoms with van der Waals surface area (Å²) in [5, 5.41) is 0. The second-order valence-corrected chi connectivity index (χ2v) is 4.79. The zero-order chi connectivity index (χ0) is 11.1. The lowest BCUT2D eigenvalue weighted by Gasteiger charge is -2.04. The first kappa shape index (κ1) is 12.5. The Morgan fingerprint density at radius 1 is 1.40 bits per heavy atom. The van der Waals surface area contributed by atoms with E-state index in [1.807, 2.05) is 0 Å². The smallest absolute Gasteiger partial charge is 0.0888 e. The van der Waals surface area contributed by atoms with Crippen LogP contribution in [0.2, 0.25) is 0 Å². The molecule has 1 heteroatoms. The third-order valence-corrected chi connectivity index (χ3v) is 2.98. The molecule has 0 saturated carbocycles. The van der Waals surface area contributed by atoms with Crippen LogP contribution in [0.25, 0.3) is 0 Å².